The zero-order valence-corrected chi connectivity index (χ0v) is 10.5. The Labute approximate surface area is 102 Å². The number of hydrogen-bond acceptors (Lipinski definition) is 4. The van der Waals surface area contributed by atoms with Gasteiger partial charge in [-0.25, -0.2) is 0 Å². The van der Waals surface area contributed by atoms with Gasteiger partial charge in [-0.15, -0.1) is 0 Å². The van der Waals surface area contributed by atoms with E-state index in [0.717, 1.165) is 17.1 Å². The minimum Gasteiger partial charge on any atom is -0.496 e. The number of rotatable bonds is 5. The highest BCUT2D eigenvalue weighted by atomic mass is 16.5. The van der Waals surface area contributed by atoms with Crippen molar-refractivity contribution in [3.8, 4) is 17.2 Å². The molecule has 1 atom stereocenters. The minimum absolute atomic E-state index is 0.0224. The van der Waals surface area contributed by atoms with E-state index < -0.39 is 0 Å². The summed E-state index contributed by atoms with van der Waals surface area (Å²) in [5.74, 6) is 2.73. The summed E-state index contributed by atoms with van der Waals surface area (Å²) in [5.41, 5.74) is 7.19. The lowest BCUT2D eigenvalue weighted by atomic mass is 10.0. The molecule has 1 aliphatic rings. The maximum atomic E-state index is 6.24. The molecule has 1 saturated carbocycles. The monoisotopic (exact) mass is 237 g/mol. The number of nitrogens with two attached hydrogens (primary N) is 1. The first-order chi connectivity index (χ1) is 8.21. The molecule has 0 bridgehead atoms. The van der Waals surface area contributed by atoms with E-state index in [2.05, 4.69) is 0 Å². The molecule has 4 heteroatoms. The Balaban J connectivity index is 2.45. The molecule has 0 heterocycles. The second kappa shape index (κ2) is 4.84. The quantitative estimate of drug-likeness (QED) is 0.852. The van der Waals surface area contributed by atoms with Gasteiger partial charge in [-0.1, -0.05) is 0 Å². The van der Waals surface area contributed by atoms with Gasteiger partial charge in [0.2, 0.25) is 0 Å². The van der Waals surface area contributed by atoms with Crippen molar-refractivity contribution in [2.75, 3.05) is 21.3 Å². The summed E-state index contributed by atoms with van der Waals surface area (Å²) in [4.78, 5) is 0. The molecule has 1 unspecified atom stereocenters. The lowest BCUT2D eigenvalue weighted by Crippen LogP contribution is -2.15. The first kappa shape index (κ1) is 12.0. The summed E-state index contributed by atoms with van der Waals surface area (Å²) in [5, 5.41) is 0. The summed E-state index contributed by atoms with van der Waals surface area (Å²) in [6.07, 6.45) is 2.36. The average molecular weight is 237 g/mol. The van der Waals surface area contributed by atoms with Crippen molar-refractivity contribution in [3.63, 3.8) is 0 Å². The first-order valence-corrected chi connectivity index (χ1v) is 5.76. The van der Waals surface area contributed by atoms with Crippen LogP contribution in [0.25, 0.3) is 0 Å². The topological polar surface area (TPSA) is 53.7 Å². The van der Waals surface area contributed by atoms with Gasteiger partial charge in [0.15, 0.2) is 0 Å². The lowest BCUT2D eigenvalue weighted by molar-refractivity contribution is 0.361. The predicted molar refractivity (Wildman–Crippen MR) is 65.8 cm³/mol. The van der Waals surface area contributed by atoms with Crippen LogP contribution in [0.3, 0.4) is 0 Å². The number of ether oxygens (including phenoxy) is 3. The van der Waals surface area contributed by atoms with E-state index in [4.69, 9.17) is 19.9 Å². The molecule has 0 aliphatic heterocycles. The molecule has 0 radical (unpaired) electrons. The van der Waals surface area contributed by atoms with Crippen LogP contribution in [0.5, 0.6) is 17.2 Å². The van der Waals surface area contributed by atoms with Crippen molar-refractivity contribution >= 4 is 0 Å². The molecule has 17 heavy (non-hydrogen) atoms. The first-order valence-electron chi connectivity index (χ1n) is 5.76. The third-order valence-corrected chi connectivity index (χ3v) is 3.22. The maximum Gasteiger partial charge on any atom is 0.131 e. The molecule has 4 nitrogen and oxygen atoms in total. The third kappa shape index (κ3) is 2.31. The van der Waals surface area contributed by atoms with Gasteiger partial charge in [0.25, 0.3) is 0 Å². The van der Waals surface area contributed by atoms with Crippen molar-refractivity contribution in [2.24, 2.45) is 11.7 Å². The van der Waals surface area contributed by atoms with E-state index in [9.17, 15) is 0 Å². The SMILES string of the molecule is COc1cc(OC)c(C(N)C2CC2)c(OC)c1. The molecule has 1 aromatic carbocycles. The van der Waals surface area contributed by atoms with Crippen LogP contribution in [0, 0.1) is 5.92 Å². The van der Waals surface area contributed by atoms with Gasteiger partial charge in [-0.05, 0) is 18.8 Å². The van der Waals surface area contributed by atoms with E-state index in [0.29, 0.717) is 11.7 Å². The summed E-state index contributed by atoms with van der Waals surface area (Å²) < 4.78 is 16.0. The molecular weight excluding hydrogens is 218 g/mol. The van der Waals surface area contributed by atoms with Crippen LogP contribution >= 0.6 is 0 Å². The van der Waals surface area contributed by atoms with Crippen LogP contribution in [-0.4, -0.2) is 21.3 Å². The van der Waals surface area contributed by atoms with Gasteiger partial charge < -0.3 is 19.9 Å². The molecular formula is C13H19NO3. The fourth-order valence-electron chi connectivity index (χ4n) is 2.05. The molecule has 1 fully saturated rings. The molecule has 0 spiro atoms. The molecule has 2 N–H and O–H groups in total. The largest absolute Gasteiger partial charge is 0.496 e. The predicted octanol–water partition coefficient (Wildman–Crippen LogP) is 2.12. The normalized spacial score (nSPS) is 16.5. The third-order valence-electron chi connectivity index (χ3n) is 3.22. The molecule has 2 rings (SSSR count). The number of benzene rings is 1. The van der Waals surface area contributed by atoms with E-state index >= 15 is 0 Å². The van der Waals surface area contributed by atoms with Crippen LogP contribution < -0.4 is 19.9 Å². The van der Waals surface area contributed by atoms with Crippen LogP contribution in [0.4, 0.5) is 0 Å². The Hall–Kier alpha value is -1.42. The van der Waals surface area contributed by atoms with Gasteiger partial charge in [-0.2, -0.15) is 0 Å². The van der Waals surface area contributed by atoms with Crippen LogP contribution in [0.2, 0.25) is 0 Å². The zero-order chi connectivity index (χ0) is 12.4. The fourth-order valence-corrected chi connectivity index (χ4v) is 2.05. The highest BCUT2D eigenvalue weighted by Crippen LogP contribution is 2.46. The van der Waals surface area contributed by atoms with E-state index in [-0.39, 0.29) is 6.04 Å². The summed E-state index contributed by atoms with van der Waals surface area (Å²) in [7, 11) is 4.89. The number of methoxy groups -OCH3 is 3. The Morgan fingerprint density at radius 2 is 1.59 bits per heavy atom. The molecule has 0 amide bonds. The summed E-state index contributed by atoms with van der Waals surface area (Å²) >= 11 is 0. The smallest absolute Gasteiger partial charge is 0.131 e. The summed E-state index contributed by atoms with van der Waals surface area (Å²) in [6, 6.07) is 3.67. The lowest BCUT2D eigenvalue weighted by Gasteiger charge is -2.19. The van der Waals surface area contributed by atoms with Gasteiger partial charge in [0, 0.05) is 18.2 Å². The van der Waals surface area contributed by atoms with Crippen molar-refractivity contribution in [3.05, 3.63) is 17.7 Å². The summed E-state index contributed by atoms with van der Waals surface area (Å²) in [6.45, 7) is 0. The Bertz CT molecular complexity index is 377. The molecule has 1 aliphatic carbocycles. The molecule has 1 aromatic rings. The minimum atomic E-state index is -0.0224. The Kier molecular flexibility index (Phi) is 3.43. The maximum absolute atomic E-state index is 6.24. The highest BCUT2D eigenvalue weighted by molar-refractivity contribution is 5.52. The molecule has 94 valence electrons. The molecule has 0 saturated heterocycles. The van der Waals surface area contributed by atoms with Gasteiger partial charge in [-0.3, -0.25) is 0 Å². The van der Waals surface area contributed by atoms with E-state index in [1.54, 1.807) is 21.3 Å². The van der Waals surface area contributed by atoms with Gasteiger partial charge in [0.1, 0.15) is 17.2 Å². The fraction of sp³-hybridized carbons (Fsp3) is 0.538. The second-order valence-corrected chi connectivity index (χ2v) is 4.31. The molecule has 0 aromatic heterocycles. The standard InChI is InChI=1S/C13H19NO3/c1-15-9-6-10(16-2)12(11(7-9)17-3)13(14)8-4-5-8/h6-8,13H,4-5,14H2,1-3H3. The highest BCUT2D eigenvalue weighted by Gasteiger charge is 2.33. The second-order valence-electron chi connectivity index (χ2n) is 4.31. The van der Waals surface area contributed by atoms with Gasteiger partial charge >= 0.3 is 0 Å². The van der Waals surface area contributed by atoms with Crippen LogP contribution in [-0.2, 0) is 0 Å². The van der Waals surface area contributed by atoms with Crippen molar-refractivity contribution < 1.29 is 14.2 Å². The van der Waals surface area contributed by atoms with Crippen LogP contribution in [0.15, 0.2) is 12.1 Å². The van der Waals surface area contributed by atoms with Crippen molar-refractivity contribution in [1.29, 1.82) is 0 Å². The van der Waals surface area contributed by atoms with E-state index in [1.165, 1.54) is 12.8 Å². The zero-order valence-electron chi connectivity index (χ0n) is 10.5. The van der Waals surface area contributed by atoms with E-state index in [1.807, 2.05) is 12.1 Å². The number of hydrogen-bond donors (Lipinski definition) is 1. The van der Waals surface area contributed by atoms with Gasteiger partial charge in [0.05, 0.1) is 26.9 Å². The van der Waals surface area contributed by atoms with Crippen LogP contribution in [0.1, 0.15) is 24.4 Å². The average Bonchev–Trinajstić information content (AvgIpc) is 3.20. The Morgan fingerprint density at radius 3 is 1.94 bits per heavy atom. The van der Waals surface area contributed by atoms with Crippen molar-refractivity contribution in [2.45, 2.75) is 18.9 Å². The van der Waals surface area contributed by atoms with Crippen molar-refractivity contribution in [1.82, 2.24) is 0 Å². The Morgan fingerprint density at radius 1 is 1.06 bits per heavy atom.